The van der Waals surface area contributed by atoms with Gasteiger partial charge in [-0.2, -0.15) is 0 Å². The van der Waals surface area contributed by atoms with Gasteiger partial charge in [-0.3, -0.25) is 4.79 Å². The summed E-state index contributed by atoms with van der Waals surface area (Å²) in [5.74, 6) is 1.60. The lowest BCUT2D eigenvalue weighted by Crippen LogP contribution is -2.40. The number of hydrogen-bond donors (Lipinski definition) is 1. The predicted molar refractivity (Wildman–Crippen MR) is 107 cm³/mol. The maximum Gasteiger partial charge on any atom is 0.231 e. The van der Waals surface area contributed by atoms with E-state index in [2.05, 4.69) is 5.32 Å². The second-order valence-electron chi connectivity index (χ2n) is 8.32. The third-order valence-electron chi connectivity index (χ3n) is 6.25. The molecule has 5 rings (SSSR count). The normalized spacial score (nSPS) is 24.5. The first kappa shape index (κ1) is 18.4. The van der Waals surface area contributed by atoms with Gasteiger partial charge >= 0.3 is 0 Å². The lowest BCUT2D eigenvalue weighted by molar-refractivity contribution is -0.119. The quantitative estimate of drug-likeness (QED) is 0.830. The molecule has 0 aliphatic carbocycles. The molecule has 0 saturated carbocycles. The van der Waals surface area contributed by atoms with E-state index in [4.69, 9.17) is 9.47 Å². The zero-order valence-electron chi connectivity index (χ0n) is 16.3. The maximum atomic E-state index is 13.5. The molecule has 2 fully saturated rings. The molecule has 0 radical (unpaired) electrons. The van der Waals surface area contributed by atoms with E-state index < -0.39 is 0 Å². The zero-order valence-corrected chi connectivity index (χ0v) is 16.3. The van der Waals surface area contributed by atoms with Crippen LogP contribution in [0.1, 0.15) is 37.7 Å². The van der Waals surface area contributed by atoms with Gasteiger partial charge in [-0.1, -0.05) is 6.07 Å². The highest BCUT2D eigenvalue weighted by molar-refractivity contribution is 5.93. The minimum atomic E-state index is -0.306. The largest absolute Gasteiger partial charge is 0.454 e. The summed E-state index contributed by atoms with van der Waals surface area (Å²) in [6.07, 6.45) is 5.08. The first-order chi connectivity index (χ1) is 14.1. The van der Waals surface area contributed by atoms with Crippen LogP contribution < -0.4 is 19.7 Å². The topological polar surface area (TPSA) is 50.8 Å². The van der Waals surface area contributed by atoms with Crippen molar-refractivity contribution in [2.75, 3.05) is 11.7 Å². The Balaban J connectivity index is 1.36. The number of carbonyl (C=O) groups excluding carboxylic acids is 1. The fourth-order valence-electron chi connectivity index (χ4n) is 4.87. The van der Waals surface area contributed by atoms with Gasteiger partial charge in [0.1, 0.15) is 5.82 Å². The Hall–Kier alpha value is -2.60. The van der Waals surface area contributed by atoms with Crippen molar-refractivity contribution in [1.82, 2.24) is 5.32 Å². The zero-order chi connectivity index (χ0) is 19.8. The van der Waals surface area contributed by atoms with E-state index in [0.717, 1.165) is 24.2 Å². The summed E-state index contributed by atoms with van der Waals surface area (Å²) in [5, 5.41) is 3.63. The number of piperidine rings is 1. The van der Waals surface area contributed by atoms with Crippen molar-refractivity contribution in [3.63, 3.8) is 0 Å². The molecule has 29 heavy (non-hydrogen) atoms. The Kier molecular flexibility index (Phi) is 4.87. The van der Waals surface area contributed by atoms with Gasteiger partial charge in [-0.25, -0.2) is 4.39 Å². The maximum absolute atomic E-state index is 13.5. The molecule has 3 aliphatic rings. The van der Waals surface area contributed by atoms with Crippen LogP contribution in [0.4, 0.5) is 10.1 Å². The van der Waals surface area contributed by atoms with E-state index in [1.54, 1.807) is 17.0 Å². The number of hydrogen-bond acceptors (Lipinski definition) is 4. The fraction of sp³-hybridized carbons (Fsp3) is 0.435. The van der Waals surface area contributed by atoms with Crippen LogP contribution in [0.15, 0.2) is 42.5 Å². The summed E-state index contributed by atoms with van der Waals surface area (Å²) in [4.78, 5) is 15.1. The number of carbonyl (C=O) groups is 1. The minimum Gasteiger partial charge on any atom is -0.454 e. The van der Waals surface area contributed by atoms with Crippen LogP contribution in [0, 0.1) is 11.7 Å². The van der Waals surface area contributed by atoms with Gasteiger partial charge < -0.3 is 19.7 Å². The Morgan fingerprint density at radius 3 is 2.52 bits per heavy atom. The summed E-state index contributed by atoms with van der Waals surface area (Å²) in [6, 6.07) is 13.0. The van der Waals surface area contributed by atoms with E-state index in [0.29, 0.717) is 42.4 Å². The Labute approximate surface area is 169 Å². The van der Waals surface area contributed by atoms with Crippen molar-refractivity contribution in [3.8, 4) is 11.5 Å². The lowest BCUT2D eigenvalue weighted by atomic mass is 9.89. The predicted octanol–water partition coefficient (Wildman–Crippen LogP) is 4.01. The van der Waals surface area contributed by atoms with Gasteiger partial charge in [0.05, 0.1) is 6.54 Å². The van der Waals surface area contributed by atoms with Gasteiger partial charge in [-0.15, -0.1) is 0 Å². The van der Waals surface area contributed by atoms with Gasteiger partial charge in [0.15, 0.2) is 11.5 Å². The molecule has 2 bridgehead atoms. The summed E-state index contributed by atoms with van der Waals surface area (Å²) < 4.78 is 24.3. The number of nitrogens with zero attached hydrogens (tertiary/aromatic N) is 1. The third kappa shape index (κ3) is 3.94. The average Bonchev–Trinajstić information content (AvgIpc) is 3.32. The molecule has 3 aliphatic heterocycles. The molecule has 2 aromatic carbocycles. The molecule has 5 nitrogen and oxygen atoms in total. The Morgan fingerprint density at radius 1 is 1.03 bits per heavy atom. The van der Waals surface area contributed by atoms with Crippen LogP contribution in [-0.4, -0.2) is 24.8 Å². The standard InChI is InChI=1S/C23H25FN2O3/c24-17-2-6-20(7-3-17)26(13-15-1-8-21-22(11-15)29-14-28-21)23(27)12-16-9-18-4-5-19(10-16)25-18/h1-3,6-8,11,16,18-19,25H,4-5,9-10,12-14H2. The number of anilines is 1. The molecule has 1 N–H and O–H groups in total. The summed E-state index contributed by atoms with van der Waals surface area (Å²) in [7, 11) is 0. The molecule has 0 aromatic heterocycles. The number of fused-ring (bicyclic) bond motifs is 3. The molecule has 2 saturated heterocycles. The van der Waals surface area contributed by atoms with E-state index >= 15 is 0 Å². The van der Waals surface area contributed by atoms with E-state index in [9.17, 15) is 9.18 Å². The molecule has 2 unspecified atom stereocenters. The summed E-state index contributed by atoms with van der Waals surface area (Å²) >= 11 is 0. The second kappa shape index (κ2) is 7.67. The van der Waals surface area contributed by atoms with Crippen LogP contribution in [0.25, 0.3) is 0 Å². The molecule has 1 amide bonds. The molecular weight excluding hydrogens is 371 g/mol. The molecular formula is C23H25FN2O3. The SMILES string of the molecule is O=C(CC1CC2CCC(C1)N2)N(Cc1ccc2c(c1)OCO2)c1ccc(F)cc1. The summed E-state index contributed by atoms with van der Waals surface area (Å²) in [5.41, 5.74) is 1.67. The number of halogens is 1. The van der Waals surface area contributed by atoms with Crippen molar-refractivity contribution in [2.24, 2.45) is 5.92 Å². The number of benzene rings is 2. The van der Waals surface area contributed by atoms with Gasteiger partial charge in [0.2, 0.25) is 12.7 Å². The van der Waals surface area contributed by atoms with E-state index in [-0.39, 0.29) is 18.5 Å². The number of ether oxygens (including phenoxy) is 2. The third-order valence-corrected chi connectivity index (χ3v) is 6.25. The van der Waals surface area contributed by atoms with Crippen LogP contribution in [0.5, 0.6) is 11.5 Å². The van der Waals surface area contributed by atoms with Crippen molar-refractivity contribution in [3.05, 3.63) is 53.8 Å². The smallest absolute Gasteiger partial charge is 0.231 e. The van der Waals surface area contributed by atoms with Crippen LogP contribution in [-0.2, 0) is 11.3 Å². The average molecular weight is 396 g/mol. The van der Waals surface area contributed by atoms with Gasteiger partial charge in [0.25, 0.3) is 0 Å². The van der Waals surface area contributed by atoms with Gasteiger partial charge in [-0.05, 0) is 73.6 Å². The highest BCUT2D eigenvalue weighted by Gasteiger charge is 2.35. The van der Waals surface area contributed by atoms with Crippen molar-refractivity contribution in [1.29, 1.82) is 0 Å². The lowest BCUT2D eigenvalue weighted by Gasteiger charge is -2.31. The van der Waals surface area contributed by atoms with Crippen molar-refractivity contribution >= 4 is 11.6 Å². The molecule has 152 valence electrons. The van der Waals surface area contributed by atoms with Gasteiger partial charge in [0, 0.05) is 24.2 Å². The highest BCUT2D eigenvalue weighted by Crippen LogP contribution is 2.35. The Morgan fingerprint density at radius 2 is 1.76 bits per heavy atom. The highest BCUT2D eigenvalue weighted by atomic mass is 19.1. The van der Waals surface area contributed by atoms with Crippen molar-refractivity contribution < 1.29 is 18.7 Å². The number of amides is 1. The second-order valence-corrected chi connectivity index (χ2v) is 8.32. The van der Waals surface area contributed by atoms with Crippen LogP contribution in [0.3, 0.4) is 0 Å². The number of nitrogens with one attached hydrogen (secondary N) is 1. The molecule has 2 atom stereocenters. The molecule has 2 aromatic rings. The van der Waals surface area contributed by atoms with Crippen LogP contribution in [0.2, 0.25) is 0 Å². The van der Waals surface area contributed by atoms with E-state index in [1.165, 1.54) is 25.0 Å². The van der Waals surface area contributed by atoms with Crippen LogP contribution >= 0.6 is 0 Å². The molecule has 3 heterocycles. The molecule has 0 spiro atoms. The minimum absolute atomic E-state index is 0.0839. The number of rotatable bonds is 5. The molecule has 6 heteroatoms. The Bertz CT molecular complexity index is 889. The first-order valence-electron chi connectivity index (χ1n) is 10.3. The fourth-order valence-corrected chi connectivity index (χ4v) is 4.87. The monoisotopic (exact) mass is 396 g/mol. The van der Waals surface area contributed by atoms with Crippen molar-refractivity contribution in [2.45, 2.75) is 50.7 Å². The summed E-state index contributed by atoms with van der Waals surface area (Å²) in [6.45, 7) is 0.635. The van der Waals surface area contributed by atoms with E-state index in [1.807, 2.05) is 18.2 Å². The first-order valence-corrected chi connectivity index (χ1v) is 10.3.